The van der Waals surface area contributed by atoms with Crippen LogP contribution in [0.5, 0.6) is 0 Å². The molecule has 0 bridgehead atoms. The maximum atomic E-state index is 14.0. The molecule has 2 aromatic rings. The molecule has 2 rings (SSSR count). The number of rotatable bonds is 5. The highest BCUT2D eigenvalue weighted by atomic mass is 19.3. The first-order valence-corrected chi connectivity index (χ1v) is 7.57. The van der Waals surface area contributed by atoms with Gasteiger partial charge in [-0.05, 0) is 37.1 Å². The van der Waals surface area contributed by atoms with E-state index in [1.54, 1.807) is 22.8 Å². The molecule has 0 aliphatic rings. The molecule has 0 unspecified atom stereocenters. The number of amides is 2. The van der Waals surface area contributed by atoms with Crippen LogP contribution in [0.4, 0.5) is 28.9 Å². The zero-order chi connectivity index (χ0) is 19.5. The summed E-state index contributed by atoms with van der Waals surface area (Å²) in [6.45, 7) is 3.02. The van der Waals surface area contributed by atoms with Gasteiger partial charge in [0, 0.05) is 11.4 Å². The molecule has 2 aromatic carbocycles. The zero-order valence-corrected chi connectivity index (χ0v) is 13.9. The molecule has 0 atom stereocenters. The van der Waals surface area contributed by atoms with E-state index in [1.807, 2.05) is 0 Å². The first-order valence-electron chi connectivity index (χ1n) is 7.57. The molecule has 0 radical (unpaired) electrons. The van der Waals surface area contributed by atoms with Gasteiger partial charge in [0.25, 0.3) is 0 Å². The summed E-state index contributed by atoms with van der Waals surface area (Å²) < 4.78 is 56.2. The van der Waals surface area contributed by atoms with Crippen molar-refractivity contribution in [3.05, 3.63) is 59.7 Å². The van der Waals surface area contributed by atoms with Gasteiger partial charge in [-0.3, -0.25) is 9.59 Å². The van der Waals surface area contributed by atoms with Crippen molar-refractivity contribution < 1.29 is 27.2 Å². The van der Waals surface area contributed by atoms with Gasteiger partial charge >= 0.3 is 23.7 Å². The fraction of sp³-hybridized carbons (Fsp3) is 0.222. The third-order valence-corrected chi connectivity index (χ3v) is 3.75. The number of carbonyl (C=O) groups is 2. The number of hydrogen-bond donors (Lipinski definition) is 2. The highest BCUT2D eigenvalue weighted by Crippen LogP contribution is 2.37. The molecule has 0 spiro atoms. The van der Waals surface area contributed by atoms with Crippen LogP contribution >= 0.6 is 0 Å². The molecular formula is C18H16F4N2O2. The van der Waals surface area contributed by atoms with E-state index in [2.05, 4.69) is 0 Å². The molecule has 26 heavy (non-hydrogen) atoms. The monoisotopic (exact) mass is 368 g/mol. The van der Waals surface area contributed by atoms with E-state index < -0.39 is 23.7 Å². The molecule has 0 fully saturated rings. The van der Waals surface area contributed by atoms with Gasteiger partial charge in [0.2, 0.25) is 0 Å². The maximum absolute atomic E-state index is 14.0. The summed E-state index contributed by atoms with van der Waals surface area (Å²) in [5.74, 6) is -15.0. The van der Waals surface area contributed by atoms with Crippen LogP contribution in [0.2, 0.25) is 0 Å². The molecule has 0 saturated heterocycles. The first-order chi connectivity index (χ1) is 12.1. The number of benzene rings is 2. The summed E-state index contributed by atoms with van der Waals surface area (Å²) in [4.78, 5) is 23.5. The van der Waals surface area contributed by atoms with Gasteiger partial charge in [0.15, 0.2) is 0 Å². The fourth-order valence-electron chi connectivity index (χ4n) is 2.11. The summed E-state index contributed by atoms with van der Waals surface area (Å²) in [5.41, 5.74) is 0.716. The Kier molecular flexibility index (Phi) is 5.34. The lowest BCUT2D eigenvalue weighted by atomic mass is 10.1. The average molecular weight is 368 g/mol. The normalized spacial score (nSPS) is 11.8. The molecule has 0 aliphatic heterocycles. The molecule has 4 nitrogen and oxygen atoms in total. The van der Waals surface area contributed by atoms with Gasteiger partial charge in [0.05, 0.1) is 0 Å². The van der Waals surface area contributed by atoms with Crippen LogP contribution in [0.1, 0.15) is 11.1 Å². The molecule has 0 aromatic heterocycles. The van der Waals surface area contributed by atoms with Gasteiger partial charge in [0.1, 0.15) is 0 Å². The summed E-state index contributed by atoms with van der Waals surface area (Å²) in [7, 11) is 0. The summed E-state index contributed by atoms with van der Waals surface area (Å²) in [6, 6.07) is 11.7. The number of alkyl halides is 4. The van der Waals surface area contributed by atoms with E-state index in [1.165, 1.54) is 50.2 Å². The van der Waals surface area contributed by atoms with Crippen molar-refractivity contribution in [2.24, 2.45) is 0 Å². The number of nitrogens with one attached hydrogen (secondary N) is 2. The molecule has 138 valence electrons. The zero-order valence-electron chi connectivity index (χ0n) is 13.9. The van der Waals surface area contributed by atoms with Crippen LogP contribution in [0.15, 0.2) is 48.5 Å². The number of halogens is 4. The lowest BCUT2D eigenvalue weighted by Crippen LogP contribution is -2.56. The van der Waals surface area contributed by atoms with Crippen LogP contribution in [-0.4, -0.2) is 23.7 Å². The van der Waals surface area contributed by atoms with E-state index in [-0.39, 0.29) is 11.4 Å². The SMILES string of the molecule is Cc1ccccc1NC(=O)C(F)(F)C(F)(F)C(=O)Nc1ccccc1C. The Morgan fingerprint density at radius 2 is 1.00 bits per heavy atom. The first kappa shape index (κ1) is 19.4. The van der Waals surface area contributed by atoms with Gasteiger partial charge in [-0.25, -0.2) is 0 Å². The van der Waals surface area contributed by atoms with Crippen molar-refractivity contribution in [1.29, 1.82) is 0 Å². The van der Waals surface area contributed by atoms with Crippen molar-refractivity contribution in [3.8, 4) is 0 Å². The highest BCUT2D eigenvalue weighted by molar-refractivity contribution is 6.05. The predicted octanol–water partition coefficient (Wildman–Crippen LogP) is 4.15. The number of carbonyl (C=O) groups excluding carboxylic acids is 2. The second-order valence-electron chi connectivity index (χ2n) is 5.69. The number of para-hydroxylation sites is 2. The number of aryl methyl sites for hydroxylation is 2. The molecule has 0 saturated carbocycles. The Hall–Kier alpha value is -2.90. The van der Waals surface area contributed by atoms with Crippen LogP contribution in [0.3, 0.4) is 0 Å². The minimum atomic E-state index is -5.25. The van der Waals surface area contributed by atoms with Crippen molar-refractivity contribution in [3.63, 3.8) is 0 Å². The topological polar surface area (TPSA) is 58.2 Å². The minimum Gasteiger partial charge on any atom is -0.320 e. The van der Waals surface area contributed by atoms with E-state index in [0.717, 1.165) is 0 Å². The second kappa shape index (κ2) is 7.15. The largest absolute Gasteiger partial charge is 0.396 e. The van der Waals surface area contributed by atoms with Gasteiger partial charge in [-0.2, -0.15) is 17.6 Å². The van der Waals surface area contributed by atoms with Crippen LogP contribution < -0.4 is 10.6 Å². The Balaban J connectivity index is 2.22. The number of anilines is 2. The van der Waals surface area contributed by atoms with Crippen molar-refractivity contribution in [2.75, 3.05) is 10.6 Å². The van der Waals surface area contributed by atoms with Gasteiger partial charge in [-0.15, -0.1) is 0 Å². The fourth-order valence-corrected chi connectivity index (χ4v) is 2.11. The summed E-state index contributed by atoms with van der Waals surface area (Å²) in [5, 5.41) is 3.48. The van der Waals surface area contributed by atoms with Crippen LogP contribution in [-0.2, 0) is 9.59 Å². The maximum Gasteiger partial charge on any atom is 0.396 e. The van der Waals surface area contributed by atoms with Crippen molar-refractivity contribution in [2.45, 2.75) is 25.7 Å². The molecule has 2 amide bonds. The molecule has 0 heterocycles. The molecular weight excluding hydrogens is 352 g/mol. The van der Waals surface area contributed by atoms with Crippen molar-refractivity contribution in [1.82, 2.24) is 0 Å². The molecule has 0 aliphatic carbocycles. The van der Waals surface area contributed by atoms with E-state index in [0.29, 0.717) is 11.1 Å². The van der Waals surface area contributed by atoms with Crippen LogP contribution in [0.25, 0.3) is 0 Å². The summed E-state index contributed by atoms with van der Waals surface area (Å²) >= 11 is 0. The van der Waals surface area contributed by atoms with Crippen molar-refractivity contribution >= 4 is 23.2 Å². The quantitative estimate of drug-likeness (QED) is 0.779. The molecule has 8 heteroatoms. The van der Waals surface area contributed by atoms with E-state index in [9.17, 15) is 27.2 Å². The summed E-state index contributed by atoms with van der Waals surface area (Å²) in [6.07, 6.45) is 0. The van der Waals surface area contributed by atoms with Crippen LogP contribution in [0, 0.1) is 13.8 Å². The Morgan fingerprint density at radius 1 is 0.692 bits per heavy atom. The van der Waals surface area contributed by atoms with E-state index >= 15 is 0 Å². The smallest absolute Gasteiger partial charge is 0.320 e. The minimum absolute atomic E-state index is 0.0488. The lowest BCUT2D eigenvalue weighted by Gasteiger charge is -2.25. The Morgan fingerprint density at radius 3 is 1.31 bits per heavy atom. The highest BCUT2D eigenvalue weighted by Gasteiger charge is 2.67. The predicted molar refractivity (Wildman–Crippen MR) is 89.5 cm³/mol. The lowest BCUT2D eigenvalue weighted by molar-refractivity contribution is -0.204. The van der Waals surface area contributed by atoms with Gasteiger partial charge in [-0.1, -0.05) is 36.4 Å². The third-order valence-electron chi connectivity index (χ3n) is 3.75. The Labute approximate surface area is 147 Å². The second-order valence-corrected chi connectivity index (χ2v) is 5.69. The van der Waals surface area contributed by atoms with E-state index in [4.69, 9.17) is 0 Å². The third kappa shape index (κ3) is 3.68. The molecule has 2 N–H and O–H groups in total. The average Bonchev–Trinajstić information content (AvgIpc) is 2.58. The standard InChI is InChI=1S/C18H16F4N2O2/c1-11-7-3-5-9-13(11)23-15(25)17(19,20)18(21,22)16(26)24-14-10-6-4-8-12(14)2/h3-10H,1-2H3,(H,23,25)(H,24,26). The number of hydrogen-bond acceptors (Lipinski definition) is 2. The van der Waals surface area contributed by atoms with Gasteiger partial charge < -0.3 is 10.6 Å². The Bertz CT molecular complexity index is 768.